The number of nitrogens with zero attached hydrogens (tertiary/aromatic N) is 2. The van der Waals surface area contributed by atoms with Gasteiger partial charge in [-0.3, -0.25) is 0 Å². The molecule has 0 radical (unpaired) electrons. The number of aromatic nitrogens is 2. The third-order valence-electron chi connectivity index (χ3n) is 3.09. The summed E-state index contributed by atoms with van der Waals surface area (Å²) in [6.07, 6.45) is 1.88. The fourth-order valence-corrected chi connectivity index (χ4v) is 2.09. The van der Waals surface area contributed by atoms with Crippen LogP contribution in [0.3, 0.4) is 0 Å². The van der Waals surface area contributed by atoms with Crippen molar-refractivity contribution in [1.82, 2.24) is 14.9 Å². The van der Waals surface area contributed by atoms with E-state index < -0.39 is 0 Å². The Labute approximate surface area is 105 Å². The van der Waals surface area contributed by atoms with Gasteiger partial charge in [0.1, 0.15) is 5.82 Å². The summed E-state index contributed by atoms with van der Waals surface area (Å²) in [4.78, 5) is 4.40. The summed E-state index contributed by atoms with van der Waals surface area (Å²) in [6.45, 7) is 1.05. The second-order valence-corrected chi connectivity index (χ2v) is 4.22. The normalized spacial score (nSPS) is 13.0. The molecular formula is C13H15N3O2. The minimum absolute atomic E-state index is 0.301. The Balaban J connectivity index is 1.99. The molecule has 1 aliphatic heterocycles. The lowest BCUT2D eigenvalue weighted by Gasteiger charge is -2.06. The first-order chi connectivity index (χ1) is 8.79. The van der Waals surface area contributed by atoms with Gasteiger partial charge in [-0.15, -0.1) is 0 Å². The minimum atomic E-state index is 0.301. The molecule has 3 rings (SSSR count). The van der Waals surface area contributed by atoms with Crippen molar-refractivity contribution in [2.45, 2.75) is 6.54 Å². The number of ether oxygens (including phenoxy) is 2. The standard InChI is InChI=1S/C13H15N3O2/c1-14-7-13-15-6-10(16(13)2)9-3-4-11-12(5-9)18-8-17-11/h3-6,14H,7-8H2,1-2H3. The monoisotopic (exact) mass is 245 g/mol. The van der Waals surface area contributed by atoms with Gasteiger partial charge < -0.3 is 19.4 Å². The Bertz CT molecular complexity index is 578. The van der Waals surface area contributed by atoms with Crippen LogP contribution in [0.15, 0.2) is 24.4 Å². The molecule has 5 heteroatoms. The van der Waals surface area contributed by atoms with E-state index in [1.54, 1.807) is 0 Å². The topological polar surface area (TPSA) is 48.3 Å². The van der Waals surface area contributed by atoms with E-state index in [0.717, 1.165) is 35.1 Å². The smallest absolute Gasteiger partial charge is 0.231 e. The van der Waals surface area contributed by atoms with Crippen LogP contribution in [0.25, 0.3) is 11.3 Å². The Kier molecular flexibility index (Phi) is 2.68. The molecule has 0 aliphatic carbocycles. The lowest BCUT2D eigenvalue weighted by Crippen LogP contribution is -2.10. The number of hydrogen-bond acceptors (Lipinski definition) is 4. The zero-order chi connectivity index (χ0) is 12.5. The number of fused-ring (bicyclic) bond motifs is 1. The molecule has 1 aliphatic rings. The van der Waals surface area contributed by atoms with Crippen molar-refractivity contribution in [3.63, 3.8) is 0 Å². The Morgan fingerprint density at radius 2 is 2.17 bits per heavy atom. The molecule has 0 saturated carbocycles. The first kappa shape index (κ1) is 11.1. The summed E-state index contributed by atoms with van der Waals surface area (Å²) in [6, 6.07) is 5.94. The average molecular weight is 245 g/mol. The maximum absolute atomic E-state index is 5.39. The van der Waals surface area contributed by atoms with Crippen LogP contribution in [0.4, 0.5) is 0 Å². The summed E-state index contributed by atoms with van der Waals surface area (Å²) < 4.78 is 12.8. The van der Waals surface area contributed by atoms with Gasteiger partial charge in [-0.1, -0.05) is 0 Å². The summed E-state index contributed by atoms with van der Waals surface area (Å²) in [5.41, 5.74) is 2.15. The molecule has 1 N–H and O–H groups in total. The second-order valence-electron chi connectivity index (χ2n) is 4.22. The van der Waals surface area contributed by atoms with E-state index in [0.29, 0.717) is 6.79 Å². The van der Waals surface area contributed by atoms with E-state index in [1.165, 1.54) is 0 Å². The lowest BCUT2D eigenvalue weighted by atomic mass is 10.1. The molecular weight excluding hydrogens is 230 g/mol. The molecule has 0 fully saturated rings. The van der Waals surface area contributed by atoms with Gasteiger partial charge in [-0.2, -0.15) is 0 Å². The highest BCUT2D eigenvalue weighted by atomic mass is 16.7. The predicted molar refractivity (Wildman–Crippen MR) is 67.5 cm³/mol. The van der Waals surface area contributed by atoms with E-state index >= 15 is 0 Å². The third kappa shape index (κ3) is 1.73. The van der Waals surface area contributed by atoms with Gasteiger partial charge in [0.25, 0.3) is 0 Å². The van der Waals surface area contributed by atoms with Gasteiger partial charge in [0.15, 0.2) is 11.5 Å². The average Bonchev–Trinajstić information content (AvgIpc) is 2.97. The summed E-state index contributed by atoms with van der Waals surface area (Å²) in [5.74, 6) is 2.60. The van der Waals surface area contributed by atoms with Gasteiger partial charge in [0.05, 0.1) is 18.4 Å². The summed E-state index contributed by atoms with van der Waals surface area (Å²) in [7, 11) is 3.93. The molecule has 94 valence electrons. The van der Waals surface area contributed by atoms with Crippen LogP contribution in [-0.4, -0.2) is 23.4 Å². The second kappa shape index (κ2) is 4.34. The summed E-state index contributed by atoms with van der Waals surface area (Å²) in [5, 5.41) is 3.10. The fourth-order valence-electron chi connectivity index (χ4n) is 2.09. The van der Waals surface area contributed by atoms with Gasteiger partial charge in [-0.25, -0.2) is 4.98 Å². The van der Waals surface area contributed by atoms with Crippen molar-refractivity contribution >= 4 is 0 Å². The van der Waals surface area contributed by atoms with E-state index in [-0.39, 0.29) is 0 Å². The minimum Gasteiger partial charge on any atom is -0.454 e. The third-order valence-corrected chi connectivity index (χ3v) is 3.09. The quantitative estimate of drug-likeness (QED) is 0.891. The molecule has 18 heavy (non-hydrogen) atoms. The van der Waals surface area contributed by atoms with Crippen LogP contribution in [0, 0.1) is 0 Å². The lowest BCUT2D eigenvalue weighted by molar-refractivity contribution is 0.174. The molecule has 0 atom stereocenters. The maximum Gasteiger partial charge on any atom is 0.231 e. The van der Waals surface area contributed by atoms with E-state index in [4.69, 9.17) is 9.47 Å². The van der Waals surface area contributed by atoms with Gasteiger partial charge in [-0.05, 0) is 25.2 Å². The van der Waals surface area contributed by atoms with E-state index in [1.807, 2.05) is 38.5 Å². The summed E-state index contributed by atoms with van der Waals surface area (Å²) >= 11 is 0. The molecule has 0 bridgehead atoms. The molecule has 5 nitrogen and oxygen atoms in total. The highest BCUT2D eigenvalue weighted by molar-refractivity contribution is 5.64. The number of nitrogens with one attached hydrogen (secondary N) is 1. The molecule has 1 aromatic heterocycles. The zero-order valence-electron chi connectivity index (χ0n) is 10.4. The highest BCUT2D eigenvalue weighted by Gasteiger charge is 2.15. The van der Waals surface area contributed by atoms with E-state index in [2.05, 4.69) is 14.9 Å². The molecule has 0 amide bonds. The molecule has 0 unspecified atom stereocenters. The maximum atomic E-state index is 5.39. The van der Waals surface area contributed by atoms with Gasteiger partial charge >= 0.3 is 0 Å². The highest BCUT2D eigenvalue weighted by Crippen LogP contribution is 2.35. The SMILES string of the molecule is CNCc1ncc(-c2ccc3c(c2)OCO3)n1C. The van der Waals surface area contributed by atoms with Crippen LogP contribution in [-0.2, 0) is 13.6 Å². The fraction of sp³-hybridized carbons (Fsp3) is 0.308. The number of imidazole rings is 1. The van der Waals surface area contributed by atoms with Crippen LogP contribution >= 0.6 is 0 Å². The van der Waals surface area contributed by atoms with Crippen molar-refractivity contribution in [2.24, 2.45) is 7.05 Å². The predicted octanol–water partition coefficient (Wildman–Crippen LogP) is 1.54. The van der Waals surface area contributed by atoms with E-state index in [9.17, 15) is 0 Å². The zero-order valence-corrected chi connectivity index (χ0v) is 10.4. The van der Waals surface area contributed by atoms with Crippen LogP contribution in [0.2, 0.25) is 0 Å². The molecule has 2 aromatic rings. The molecule has 0 spiro atoms. The Morgan fingerprint density at radius 3 is 3.00 bits per heavy atom. The van der Waals surface area contributed by atoms with Crippen molar-refractivity contribution in [2.75, 3.05) is 13.8 Å². The number of benzene rings is 1. The number of hydrogen-bond donors (Lipinski definition) is 1. The Morgan fingerprint density at radius 1 is 1.33 bits per heavy atom. The van der Waals surface area contributed by atoms with Crippen LogP contribution in [0.1, 0.15) is 5.82 Å². The van der Waals surface area contributed by atoms with Crippen LogP contribution in [0.5, 0.6) is 11.5 Å². The van der Waals surface area contributed by atoms with Gasteiger partial charge in [0, 0.05) is 12.6 Å². The van der Waals surface area contributed by atoms with Crippen molar-refractivity contribution in [3.8, 4) is 22.8 Å². The van der Waals surface area contributed by atoms with Gasteiger partial charge in [0.2, 0.25) is 6.79 Å². The Hall–Kier alpha value is -2.01. The molecule has 2 heterocycles. The van der Waals surface area contributed by atoms with Crippen molar-refractivity contribution in [1.29, 1.82) is 0 Å². The largest absolute Gasteiger partial charge is 0.454 e. The first-order valence-electron chi connectivity index (χ1n) is 5.85. The molecule has 1 aromatic carbocycles. The number of rotatable bonds is 3. The van der Waals surface area contributed by atoms with Crippen LogP contribution < -0.4 is 14.8 Å². The van der Waals surface area contributed by atoms with Crippen molar-refractivity contribution < 1.29 is 9.47 Å². The molecule has 0 saturated heterocycles. The van der Waals surface area contributed by atoms with Crippen molar-refractivity contribution in [3.05, 3.63) is 30.2 Å². The first-order valence-corrected chi connectivity index (χ1v) is 5.85.